The molecule has 2 rings (SSSR count). The van der Waals surface area contributed by atoms with Crippen LogP contribution in [0.2, 0.25) is 0 Å². The summed E-state index contributed by atoms with van der Waals surface area (Å²) in [4.78, 5) is 11.2. The highest BCUT2D eigenvalue weighted by molar-refractivity contribution is 5.79. The number of nitrogens with one attached hydrogen (secondary N) is 1. The van der Waals surface area contributed by atoms with E-state index < -0.39 is 0 Å². The van der Waals surface area contributed by atoms with Gasteiger partial charge in [-0.1, -0.05) is 12.1 Å². The Morgan fingerprint density at radius 1 is 1.31 bits per heavy atom. The Bertz CT molecular complexity index is 403. The maximum atomic E-state index is 11.2. The number of ether oxygens (including phenoxy) is 2. The first-order chi connectivity index (χ1) is 7.76. The third-order valence-corrected chi connectivity index (χ3v) is 2.85. The Morgan fingerprint density at radius 3 is 2.69 bits per heavy atom. The molecular formula is C12H15NO3. The molecule has 0 aromatic heterocycles. The van der Waals surface area contributed by atoms with E-state index >= 15 is 0 Å². The molecule has 1 aliphatic heterocycles. The van der Waals surface area contributed by atoms with Crippen molar-refractivity contribution in [2.45, 2.75) is 12.3 Å². The third kappa shape index (κ3) is 1.83. The third-order valence-electron chi connectivity index (χ3n) is 2.85. The second kappa shape index (κ2) is 4.43. The minimum atomic E-state index is 0.0925. The number of rotatable bonds is 3. The molecule has 1 amide bonds. The zero-order valence-corrected chi connectivity index (χ0v) is 9.45. The normalized spacial score (nSPS) is 19.4. The Morgan fingerprint density at radius 2 is 2.12 bits per heavy atom. The van der Waals surface area contributed by atoms with Gasteiger partial charge in [0, 0.05) is 24.4 Å². The molecule has 0 radical (unpaired) electrons. The minimum absolute atomic E-state index is 0.0925. The molecule has 4 heteroatoms. The first-order valence-electron chi connectivity index (χ1n) is 5.24. The number of para-hydroxylation sites is 1. The van der Waals surface area contributed by atoms with Crippen LogP contribution < -0.4 is 14.8 Å². The quantitative estimate of drug-likeness (QED) is 0.837. The summed E-state index contributed by atoms with van der Waals surface area (Å²) < 4.78 is 10.6. The van der Waals surface area contributed by atoms with Gasteiger partial charge in [-0.05, 0) is 6.07 Å². The van der Waals surface area contributed by atoms with E-state index in [1.807, 2.05) is 18.2 Å². The lowest BCUT2D eigenvalue weighted by molar-refractivity contribution is -0.119. The molecule has 0 bridgehead atoms. The van der Waals surface area contributed by atoms with Crippen molar-refractivity contribution in [1.82, 2.24) is 5.32 Å². The lowest BCUT2D eigenvalue weighted by Crippen LogP contribution is -2.13. The summed E-state index contributed by atoms with van der Waals surface area (Å²) in [5.41, 5.74) is 1.03. The fourth-order valence-corrected chi connectivity index (χ4v) is 2.06. The van der Waals surface area contributed by atoms with Crippen LogP contribution in [0.15, 0.2) is 18.2 Å². The number of benzene rings is 1. The standard InChI is InChI=1S/C12H15NO3/c1-15-10-5-3-4-9(12(10)16-2)8-6-11(14)13-7-8/h3-5,8H,6-7H2,1-2H3,(H,13,14). The minimum Gasteiger partial charge on any atom is -0.493 e. The monoisotopic (exact) mass is 221 g/mol. The highest BCUT2D eigenvalue weighted by Crippen LogP contribution is 2.37. The molecule has 86 valence electrons. The van der Waals surface area contributed by atoms with Crippen molar-refractivity contribution in [2.75, 3.05) is 20.8 Å². The molecule has 1 unspecified atom stereocenters. The highest BCUT2D eigenvalue weighted by Gasteiger charge is 2.26. The van der Waals surface area contributed by atoms with Crippen molar-refractivity contribution in [2.24, 2.45) is 0 Å². The van der Waals surface area contributed by atoms with Crippen molar-refractivity contribution in [1.29, 1.82) is 0 Å². The van der Waals surface area contributed by atoms with Crippen LogP contribution in [0.3, 0.4) is 0 Å². The second-order valence-electron chi connectivity index (χ2n) is 3.79. The van der Waals surface area contributed by atoms with Gasteiger partial charge in [-0.25, -0.2) is 0 Å². The number of hydrogen-bond donors (Lipinski definition) is 1. The largest absolute Gasteiger partial charge is 0.493 e. The predicted molar refractivity (Wildman–Crippen MR) is 59.9 cm³/mol. The van der Waals surface area contributed by atoms with E-state index in [2.05, 4.69) is 5.32 Å². The maximum absolute atomic E-state index is 11.2. The number of carbonyl (C=O) groups excluding carboxylic acids is 1. The van der Waals surface area contributed by atoms with Crippen LogP contribution in [0.1, 0.15) is 17.9 Å². The van der Waals surface area contributed by atoms with E-state index in [-0.39, 0.29) is 11.8 Å². The number of methoxy groups -OCH3 is 2. The van der Waals surface area contributed by atoms with Crippen LogP contribution in [0.25, 0.3) is 0 Å². The Balaban J connectivity index is 2.36. The molecule has 1 saturated heterocycles. The molecule has 1 aromatic carbocycles. The van der Waals surface area contributed by atoms with Crippen molar-refractivity contribution in [3.63, 3.8) is 0 Å². The van der Waals surface area contributed by atoms with Gasteiger partial charge < -0.3 is 14.8 Å². The molecule has 0 aliphatic carbocycles. The van der Waals surface area contributed by atoms with Gasteiger partial charge in [-0.2, -0.15) is 0 Å². The van der Waals surface area contributed by atoms with Gasteiger partial charge in [0.1, 0.15) is 0 Å². The molecule has 16 heavy (non-hydrogen) atoms. The summed E-state index contributed by atoms with van der Waals surface area (Å²) in [6.07, 6.45) is 0.517. The lowest BCUT2D eigenvalue weighted by Gasteiger charge is -2.15. The summed E-state index contributed by atoms with van der Waals surface area (Å²) >= 11 is 0. The van der Waals surface area contributed by atoms with Crippen molar-refractivity contribution < 1.29 is 14.3 Å². The number of carbonyl (C=O) groups is 1. The van der Waals surface area contributed by atoms with Crippen LogP contribution in [0, 0.1) is 0 Å². The average Bonchev–Trinajstić information content (AvgIpc) is 2.74. The van der Waals surface area contributed by atoms with Crippen molar-refractivity contribution >= 4 is 5.91 Å². The van der Waals surface area contributed by atoms with E-state index in [0.717, 1.165) is 11.3 Å². The number of amides is 1. The molecule has 1 N–H and O–H groups in total. The Hall–Kier alpha value is -1.71. The van der Waals surface area contributed by atoms with Gasteiger partial charge in [0.2, 0.25) is 5.91 Å². The van der Waals surface area contributed by atoms with Crippen LogP contribution >= 0.6 is 0 Å². The van der Waals surface area contributed by atoms with E-state index in [1.165, 1.54) is 0 Å². The average molecular weight is 221 g/mol. The summed E-state index contributed by atoms with van der Waals surface area (Å²) in [6.45, 7) is 0.669. The topological polar surface area (TPSA) is 47.6 Å². The van der Waals surface area contributed by atoms with Crippen LogP contribution in [0.4, 0.5) is 0 Å². The molecule has 1 aromatic rings. The fraction of sp³-hybridized carbons (Fsp3) is 0.417. The SMILES string of the molecule is COc1cccc(C2CNC(=O)C2)c1OC. The van der Waals surface area contributed by atoms with E-state index in [0.29, 0.717) is 18.7 Å². The lowest BCUT2D eigenvalue weighted by atomic mass is 9.97. The van der Waals surface area contributed by atoms with Gasteiger partial charge in [-0.3, -0.25) is 4.79 Å². The van der Waals surface area contributed by atoms with Gasteiger partial charge in [-0.15, -0.1) is 0 Å². The van der Waals surface area contributed by atoms with Crippen molar-refractivity contribution in [3.8, 4) is 11.5 Å². The first kappa shape index (κ1) is 10.8. The molecule has 1 aliphatic rings. The van der Waals surface area contributed by atoms with E-state index in [4.69, 9.17) is 9.47 Å². The van der Waals surface area contributed by atoms with Crippen LogP contribution in [0.5, 0.6) is 11.5 Å². The van der Waals surface area contributed by atoms with Gasteiger partial charge in [0.05, 0.1) is 14.2 Å². The smallest absolute Gasteiger partial charge is 0.220 e. The van der Waals surface area contributed by atoms with Gasteiger partial charge in [0.25, 0.3) is 0 Å². The Kier molecular flexibility index (Phi) is 2.99. The maximum Gasteiger partial charge on any atom is 0.220 e. The summed E-state index contributed by atoms with van der Waals surface area (Å²) in [7, 11) is 3.23. The first-order valence-corrected chi connectivity index (χ1v) is 5.24. The van der Waals surface area contributed by atoms with Gasteiger partial charge >= 0.3 is 0 Å². The summed E-state index contributed by atoms with van der Waals surface area (Å²) in [5, 5.41) is 2.82. The fourth-order valence-electron chi connectivity index (χ4n) is 2.06. The molecule has 0 saturated carbocycles. The summed E-state index contributed by atoms with van der Waals surface area (Å²) in [6, 6.07) is 5.75. The molecule has 1 fully saturated rings. The van der Waals surface area contributed by atoms with Gasteiger partial charge in [0.15, 0.2) is 11.5 Å². The molecular weight excluding hydrogens is 206 g/mol. The summed E-state index contributed by atoms with van der Waals surface area (Å²) in [5.74, 6) is 1.71. The number of hydrogen-bond acceptors (Lipinski definition) is 3. The Labute approximate surface area is 94.6 Å². The zero-order chi connectivity index (χ0) is 11.5. The van der Waals surface area contributed by atoms with Crippen LogP contribution in [-0.4, -0.2) is 26.7 Å². The molecule has 1 heterocycles. The molecule has 0 spiro atoms. The van der Waals surface area contributed by atoms with Crippen molar-refractivity contribution in [3.05, 3.63) is 23.8 Å². The molecule has 4 nitrogen and oxygen atoms in total. The predicted octanol–water partition coefficient (Wildman–Crippen LogP) is 1.31. The zero-order valence-electron chi connectivity index (χ0n) is 9.45. The highest BCUT2D eigenvalue weighted by atomic mass is 16.5. The molecule has 1 atom stereocenters. The second-order valence-corrected chi connectivity index (χ2v) is 3.79. The van der Waals surface area contributed by atoms with E-state index in [9.17, 15) is 4.79 Å². The van der Waals surface area contributed by atoms with E-state index in [1.54, 1.807) is 14.2 Å². The van der Waals surface area contributed by atoms with Crippen LogP contribution in [-0.2, 0) is 4.79 Å².